The van der Waals surface area contributed by atoms with Crippen molar-refractivity contribution in [1.82, 2.24) is 4.90 Å². The van der Waals surface area contributed by atoms with Gasteiger partial charge in [0.05, 0.1) is 6.26 Å². The van der Waals surface area contributed by atoms with Crippen molar-refractivity contribution in [2.24, 2.45) is 5.92 Å². The zero-order valence-electron chi connectivity index (χ0n) is 18.1. The minimum absolute atomic E-state index is 0.0494. The van der Waals surface area contributed by atoms with Gasteiger partial charge < -0.3 is 4.90 Å². The van der Waals surface area contributed by atoms with Gasteiger partial charge in [-0.15, -0.1) is 0 Å². The molecule has 5 heteroatoms. The summed E-state index contributed by atoms with van der Waals surface area (Å²) in [7, 11) is -3.26. The number of sulfonamides is 1. The molecular formula is C24H34N2O2S. The zero-order valence-corrected chi connectivity index (χ0v) is 18.9. The normalized spacial score (nSPS) is 23.1. The van der Waals surface area contributed by atoms with Crippen LogP contribution in [-0.4, -0.2) is 39.2 Å². The molecule has 4 nitrogen and oxygen atoms in total. The van der Waals surface area contributed by atoms with E-state index in [1.165, 1.54) is 22.9 Å². The Balaban J connectivity index is 1.65. The molecule has 0 saturated carbocycles. The van der Waals surface area contributed by atoms with Crippen LogP contribution in [0.5, 0.6) is 0 Å². The molecule has 1 aliphatic rings. The third kappa shape index (κ3) is 5.61. The van der Waals surface area contributed by atoms with Gasteiger partial charge in [0.15, 0.2) is 0 Å². The highest BCUT2D eigenvalue weighted by Crippen LogP contribution is 2.40. The van der Waals surface area contributed by atoms with Gasteiger partial charge in [-0.25, -0.2) is 8.42 Å². The summed E-state index contributed by atoms with van der Waals surface area (Å²) in [5.41, 5.74) is 4.74. The lowest BCUT2D eigenvalue weighted by atomic mass is 9.68. The van der Waals surface area contributed by atoms with Crippen molar-refractivity contribution in [3.05, 3.63) is 65.2 Å². The Morgan fingerprint density at radius 3 is 2.55 bits per heavy atom. The van der Waals surface area contributed by atoms with E-state index in [9.17, 15) is 8.42 Å². The molecule has 3 rings (SSSR count). The fraction of sp³-hybridized carbons (Fsp3) is 0.500. The van der Waals surface area contributed by atoms with Gasteiger partial charge in [0.2, 0.25) is 10.0 Å². The summed E-state index contributed by atoms with van der Waals surface area (Å²) in [6, 6.07) is 16.8. The van der Waals surface area contributed by atoms with Gasteiger partial charge in [-0.1, -0.05) is 57.2 Å². The lowest BCUT2D eigenvalue weighted by Gasteiger charge is -2.45. The number of rotatable bonds is 7. The zero-order chi connectivity index (χ0) is 21.1. The highest BCUT2D eigenvalue weighted by molar-refractivity contribution is 7.92. The average molecular weight is 415 g/mol. The maximum atomic E-state index is 11.6. The maximum absolute atomic E-state index is 11.6. The first-order valence-corrected chi connectivity index (χ1v) is 12.5. The van der Waals surface area contributed by atoms with Crippen molar-refractivity contribution in [3.63, 3.8) is 0 Å². The van der Waals surface area contributed by atoms with Gasteiger partial charge in [0.1, 0.15) is 0 Å². The third-order valence-corrected chi connectivity index (χ3v) is 7.12. The van der Waals surface area contributed by atoms with Crippen molar-refractivity contribution in [2.45, 2.75) is 45.4 Å². The summed E-state index contributed by atoms with van der Waals surface area (Å²) in [5, 5.41) is 0. The van der Waals surface area contributed by atoms with Gasteiger partial charge in [0.25, 0.3) is 0 Å². The number of nitrogens with one attached hydrogen (secondary N) is 1. The standard InChI is InChI=1S/C24H34N2O2S/c1-5-20-8-6-9-21(16-20)12-14-26-15-13-24(3,19(2)18-26)22-10-7-11-23(17-22)25-29(4,27)28/h6-11,16-17,19,25H,5,12-15,18H2,1-4H3/t19-,24-/m0/s1. The Labute approximate surface area is 176 Å². The highest BCUT2D eigenvalue weighted by Gasteiger charge is 2.37. The number of anilines is 1. The summed E-state index contributed by atoms with van der Waals surface area (Å²) >= 11 is 0. The molecule has 0 unspecified atom stereocenters. The van der Waals surface area contributed by atoms with Crippen LogP contribution in [0.1, 0.15) is 43.9 Å². The van der Waals surface area contributed by atoms with E-state index in [-0.39, 0.29) is 5.41 Å². The summed E-state index contributed by atoms with van der Waals surface area (Å²) < 4.78 is 25.8. The number of nitrogens with zero attached hydrogens (tertiary/aromatic N) is 1. The third-order valence-electron chi connectivity index (χ3n) is 6.51. The largest absolute Gasteiger partial charge is 0.303 e. The second kappa shape index (κ2) is 8.88. The fourth-order valence-corrected chi connectivity index (χ4v) is 4.95. The van der Waals surface area contributed by atoms with Gasteiger partial charge in [0, 0.05) is 18.8 Å². The van der Waals surface area contributed by atoms with E-state index in [0.29, 0.717) is 11.6 Å². The summed E-state index contributed by atoms with van der Waals surface area (Å²) in [5.74, 6) is 0.492. The monoisotopic (exact) mass is 414 g/mol. The minimum Gasteiger partial charge on any atom is -0.303 e. The van der Waals surface area contributed by atoms with E-state index >= 15 is 0 Å². The second-order valence-corrected chi connectivity index (χ2v) is 10.5. The average Bonchev–Trinajstić information content (AvgIpc) is 2.68. The molecule has 2 atom stereocenters. The SMILES string of the molecule is CCc1cccc(CCN2CC[C@](C)(c3cccc(NS(C)(=O)=O)c3)[C@@H](C)C2)c1. The second-order valence-electron chi connectivity index (χ2n) is 8.75. The van der Waals surface area contributed by atoms with Crippen LogP contribution >= 0.6 is 0 Å². The maximum Gasteiger partial charge on any atom is 0.229 e. The first-order chi connectivity index (χ1) is 13.7. The van der Waals surface area contributed by atoms with Gasteiger partial charge >= 0.3 is 0 Å². The van der Waals surface area contributed by atoms with Crippen molar-refractivity contribution in [1.29, 1.82) is 0 Å². The van der Waals surface area contributed by atoms with Crippen LogP contribution < -0.4 is 4.72 Å². The number of aryl methyl sites for hydroxylation is 1. The van der Waals surface area contributed by atoms with Crippen LogP contribution in [0.15, 0.2) is 48.5 Å². The molecule has 158 valence electrons. The van der Waals surface area contributed by atoms with Crippen LogP contribution in [0.4, 0.5) is 5.69 Å². The number of likely N-dealkylation sites (tertiary alicyclic amines) is 1. The molecule has 1 heterocycles. The van der Waals surface area contributed by atoms with Crippen molar-refractivity contribution >= 4 is 15.7 Å². The van der Waals surface area contributed by atoms with E-state index in [1.807, 2.05) is 18.2 Å². The summed E-state index contributed by atoms with van der Waals surface area (Å²) in [6.07, 6.45) is 4.44. The first-order valence-electron chi connectivity index (χ1n) is 10.6. The lowest BCUT2D eigenvalue weighted by Crippen LogP contribution is -2.47. The molecule has 1 N–H and O–H groups in total. The van der Waals surface area contributed by atoms with E-state index in [4.69, 9.17) is 0 Å². The predicted molar refractivity (Wildman–Crippen MR) is 122 cm³/mol. The molecule has 1 aliphatic heterocycles. The van der Waals surface area contributed by atoms with Crippen LogP contribution in [0.2, 0.25) is 0 Å². The molecule has 0 bridgehead atoms. The number of hydrogen-bond acceptors (Lipinski definition) is 3. The van der Waals surface area contributed by atoms with Gasteiger partial charge in [-0.05, 0) is 66.0 Å². The van der Waals surface area contributed by atoms with Crippen molar-refractivity contribution < 1.29 is 8.42 Å². The Kier molecular flexibility index (Phi) is 6.69. The molecule has 2 aromatic rings. The molecular weight excluding hydrogens is 380 g/mol. The Hall–Kier alpha value is -1.85. The van der Waals surface area contributed by atoms with Gasteiger partial charge in [-0.2, -0.15) is 0 Å². The predicted octanol–water partition coefficient (Wildman–Crippen LogP) is 4.46. The van der Waals surface area contributed by atoms with Crippen LogP contribution in [0, 0.1) is 5.92 Å². The Morgan fingerprint density at radius 2 is 1.86 bits per heavy atom. The molecule has 2 aromatic carbocycles. The molecule has 0 amide bonds. The van der Waals surface area contributed by atoms with E-state index < -0.39 is 10.0 Å². The van der Waals surface area contributed by atoms with E-state index in [2.05, 4.69) is 60.7 Å². The molecule has 0 aromatic heterocycles. The van der Waals surface area contributed by atoms with Crippen molar-refractivity contribution in [2.75, 3.05) is 30.6 Å². The summed E-state index contributed by atoms with van der Waals surface area (Å²) in [4.78, 5) is 2.57. The fourth-order valence-electron chi connectivity index (χ4n) is 4.39. The molecule has 29 heavy (non-hydrogen) atoms. The minimum atomic E-state index is -3.26. The van der Waals surface area contributed by atoms with E-state index in [1.54, 1.807) is 0 Å². The highest BCUT2D eigenvalue weighted by atomic mass is 32.2. The van der Waals surface area contributed by atoms with E-state index in [0.717, 1.165) is 38.9 Å². The molecule has 1 saturated heterocycles. The smallest absolute Gasteiger partial charge is 0.229 e. The van der Waals surface area contributed by atoms with Crippen LogP contribution in [0.3, 0.4) is 0 Å². The van der Waals surface area contributed by atoms with Crippen LogP contribution in [-0.2, 0) is 28.3 Å². The van der Waals surface area contributed by atoms with Crippen LogP contribution in [0.25, 0.3) is 0 Å². The first kappa shape index (κ1) is 21.8. The molecule has 1 fully saturated rings. The topological polar surface area (TPSA) is 49.4 Å². The number of benzene rings is 2. The summed E-state index contributed by atoms with van der Waals surface area (Å²) in [6.45, 7) is 10.1. The molecule has 0 spiro atoms. The Bertz CT molecular complexity index is 941. The van der Waals surface area contributed by atoms with Gasteiger partial charge in [-0.3, -0.25) is 4.72 Å². The lowest BCUT2D eigenvalue weighted by molar-refractivity contribution is 0.112. The molecule has 0 aliphatic carbocycles. The van der Waals surface area contributed by atoms with Crippen molar-refractivity contribution in [3.8, 4) is 0 Å². The molecule has 0 radical (unpaired) electrons. The number of hydrogen-bond donors (Lipinski definition) is 1. The quantitative estimate of drug-likeness (QED) is 0.728. The Morgan fingerprint density at radius 1 is 1.14 bits per heavy atom. The number of piperidine rings is 1.